The standard InChI is InChI=1S/C10H15ClN2/c1-6-5-12-9(4)10(13-6)7(2)8(3)11/h5,7-8H,1-4H3. The highest BCUT2D eigenvalue weighted by Crippen LogP contribution is 2.22. The zero-order valence-corrected chi connectivity index (χ0v) is 9.26. The molecule has 1 heterocycles. The summed E-state index contributed by atoms with van der Waals surface area (Å²) in [6.07, 6.45) is 1.78. The van der Waals surface area contributed by atoms with Crippen molar-refractivity contribution in [1.82, 2.24) is 9.97 Å². The molecule has 0 aliphatic rings. The van der Waals surface area contributed by atoms with Crippen LogP contribution in [0.3, 0.4) is 0 Å². The fourth-order valence-electron chi connectivity index (χ4n) is 1.20. The molecule has 1 rings (SSSR count). The molecule has 2 atom stereocenters. The van der Waals surface area contributed by atoms with Crippen molar-refractivity contribution >= 4 is 11.6 Å². The number of rotatable bonds is 2. The van der Waals surface area contributed by atoms with Crippen LogP contribution in [0.1, 0.15) is 36.8 Å². The molecular formula is C10H15ClN2. The second kappa shape index (κ2) is 4.05. The Kier molecular flexibility index (Phi) is 3.26. The highest BCUT2D eigenvalue weighted by molar-refractivity contribution is 6.20. The van der Waals surface area contributed by atoms with Crippen molar-refractivity contribution in [2.75, 3.05) is 0 Å². The van der Waals surface area contributed by atoms with Crippen molar-refractivity contribution in [3.63, 3.8) is 0 Å². The van der Waals surface area contributed by atoms with Gasteiger partial charge in [-0.1, -0.05) is 6.92 Å². The Morgan fingerprint density at radius 1 is 1.31 bits per heavy atom. The van der Waals surface area contributed by atoms with Crippen LogP contribution in [0, 0.1) is 13.8 Å². The molecule has 2 unspecified atom stereocenters. The number of aryl methyl sites for hydroxylation is 2. The topological polar surface area (TPSA) is 25.8 Å². The molecule has 0 saturated heterocycles. The highest BCUT2D eigenvalue weighted by Gasteiger charge is 2.16. The van der Waals surface area contributed by atoms with Crippen LogP contribution in [0.25, 0.3) is 0 Å². The maximum Gasteiger partial charge on any atom is 0.0661 e. The second-order valence-electron chi connectivity index (χ2n) is 3.45. The fourth-order valence-corrected chi connectivity index (χ4v) is 1.32. The second-order valence-corrected chi connectivity index (χ2v) is 4.14. The summed E-state index contributed by atoms with van der Waals surface area (Å²) in [6, 6.07) is 0. The first kappa shape index (κ1) is 10.5. The summed E-state index contributed by atoms with van der Waals surface area (Å²) in [6.45, 7) is 7.98. The van der Waals surface area contributed by atoms with Crippen LogP contribution in [0.2, 0.25) is 0 Å². The van der Waals surface area contributed by atoms with E-state index in [0.29, 0.717) is 0 Å². The summed E-state index contributed by atoms with van der Waals surface area (Å²) in [7, 11) is 0. The van der Waals surface area contributed by atoms with Gasteiger partial charge in [0.1, 0.15) is 0 Å². The minimum atomic E-state index is 0.0924. The molecule has 0 aromatic carbocycles. The molecule has 0 aliphatic heterocycles. The van der Waals surface area contributed by atoms with Crippen molar-refractivity contribution in [1.29, 1.82) is 0 Å². The molecule has 0 N–H and O–H groups in total. The Hall–Kier alpha value is -0.630. The summed E-state index contributed by atoms with van der Waals surface area (Å²) in [5.41, 5.74) is 2.94. The largest absolute Gasteiger partial charge is 0.258 e. The van der Waals surface area contributed by atoms with Crippen molar-refractivity contribution in [3.8, 4) is 0 Å². The lowest BCUT2D eigenvalue weighted by molar-refractivity contribution is 0.697. The molecule has 72 valence electrons. The molecule has 0 aliphatic carbocycles. The van der Waals surface area contributed by atoms with Gasteiger partial charge in [-0.2, -0.15) is 0 Å². The lowest BCUT2D eigenvalue weighted by Crippen LogP contribution is -2.10. The number of hydrogen-bond acceptors (Lipinski definition) is 2. The third-order valence-corrected chi connectivity index (χ3v) is 2.61. The van der Waals surface area contributed by atoms with Gasteiger partial charge in [0.25, 0.3) is 0 Å². The SMILES string of the molecule is Cc1cnc(C)c(C(C)C(C)Cl)n1. The summed E-state index contributed by atoms with van der Waals surface area (Å²) in [4.78, 5) is 8.71. The normalized spacial score (nSPS) is 15.5. The predicted octanol–water partition coefficient (Wildman–Crippen LogP) is 2.82. The Morgan fingerprint density at radius 3 is 2.46 bits per heavy atom. The molecule has 1 aromatic rings. The van der Waals surface area contributed by atoms with Crippen molar-refractivity contribution in [2.45, 2.75) is 39.0 Å². The van der Waals surface area contributed by atoms with E-state index in [2.05, 4.69) is 16.9 Å². The van der Waals surface area contributed by atoms with E-state index in [1.807, 2.05) is 20.8 Å². The Bertz CT molecular complexity index is 297. The lowest BCUT2D eigenvalue weighted by Gasteiger charge is -2.15. The quantitative estimate of drug-likeness (QED) is 0.683. The van der Waals surface area contributed by atoms with E-state index in [4.69, 9.17) is 11.6 Å². The zero-order chi connectivity index (χ0) is 10.0. The van der Waals surface area contributed by atoms with Gasteiger partial charge in [-0.25, -0.2) is 0 Å². The van der Waals surface area contributed by atoms with Gasteiger partial charge in [-0.3, -0.25) is 9.97 Å². The monoisotopic (exact) mass is 198 g/mol. The predicted molar refractivity (Wildman–Crippen MR) is 55.2 cm³/mol. The maximum absolute atomic E-state index is 6.02. The minimum absolute atomic E-state index is 0.0924. The Balaban J connectivity index is 3.05. The van der Waals surface area contributed by atoms with E-state index in [9.17, 15) is 0 Å². The number of nitrogens with zero attached hydrogens (tertiary/aromatic N) is 2. The molecule has 2 nitrogen and oxygen atoms in total. The van der Waals surface area contributed by atoms with Crippen molar-refractivity contribution < 1.29 is 0 Å². The van der Waals surface area contributed by atoms with Crippen LogP contribution in [-0.4, -0.2) is 15.3 Å². The fraction of sp³-hybridized carbons (Fsp3) is 0.600. The van der Waals surface area contributed by atoms with Crippen LogP contribution in [0.5, 0.6) is 0 Å². The first-order chi connectivity index (χ1) is 6.02. The Labute approximate surface area is 84.4 Å². The smallest absolute Gasteiger partial charge is 0.0661 e. The van der Waals surface area contributed by atoms with Gasteiger partial charge in [-0.15, -0.1) is 11.6 Å². The average Bonchev–Trinajstić information content (AvgIpc) is 2.08. The maximum atomic E-state index is 6.02. The third kappa shape index (κ3) is 2.41. The summed E-state index contributed by atoms with van der Waals surface area (Å²) >= 11 is 6.02. The molecule has 0 radical (unpaired) electrons. The number of alkyl halides is 1. The average molecular weight is 199 g/mol. The lowest BCUT2D eigenvalue weighted by atomic mass is 10.0. The summed E-state index contributed by atoms with van der Waals surface area (Å²) in [5, 5.41) is 0.0924. The van der Waals surface area contributed by atoms with Gasteiger partial charge < -0.3 is 0 Å². The van der Waals surface area contributed by atoms with E-state index < -0.39 is 0 Å². The molecule has 1 aromatic heterocycles. The van der Waals surface area contributed by atoms with Gasteiger partial charge >= 0.3 is 0 Å². The first-order valence-corrected chi connectivity index (χ1v) is 4.90. The molecule has 0 bridgehead atoms. The molecule has 0 saturated carbocycles. The molecule has 0 fully saturated rings. The van der Waals surface area contributed by atoms with Gasteiger partial charge in [0.2, 0.25) is 0 Å². The molecule has 3 heteroatoms. The van der Waals surface area contributed by atoms with Gasteiger partial charge in [0.05, 0.1) is 17.1 Å². The minimum Gasteiger partial charge on any atom is -0.258 e. The van der Waals surface area contributed by atoms with Gasteiger partial charge in [0, 0.05) is 17.5 Å². The van der Waals surface area contributed by atoms with Crippen LogP contribution in [-0.2, 0) is 0 Å². The first-order valence-electron chi connectivity index (χ1n) is 4.46. The number of aromatic nitrogens is 2. The Morgan fingerprint density at radius 2 is 1.92 bits per heavy atom. The van der Waals surface area contributed by atoms with Crippen molar-refractivity contribution in [2.24, 2.45) is 0 Å². The van der Waals surface area contributed by atoms with Crippen molar-refractivity contribution in [3.05, 3.63) is 23.3 Å². The highest BCUT2D eigenvalue weighted by atomic mass is 35.5. The van der Waals surface area contributed by atoms with Crippen LogP contribution in [0.4, 0.5) is 0 Å². The molecule has 0 amide bonds. The number of hydrogen-bond donors (Lipinski definition) is 0. The van der Waals surface area contributed by atoms with E-state index in [1.54, 1.807) is 6.20 Å². The van der Waals surface area contributed by atoms with E-state index >= 15 is 0 Å². The van der Waals surface area contributed by atoms with Gasteiger partial charge in [-0.05, 0) is 20.8 Å². The molecule has 13 heavy (non-hydrogen) atoms. The van der Waals surface area contributed by atoms with E-state index in [-0.39, 0.29) is 11.3 Å². The summed E-state index contributed by atoms with van der Waals surface area (Å²) in [5.74, 6) is 0.258. The third-order valence-electron chi connectivity index (χ3n) is 2.23. The molecule has 0 spiro atoms. The van der Waals surface area contributed by atoms with E-state index in [1.165, 1.54) is 0 Å². The molecular weight excluding hydrogens is 184 g/mol. The number of halogens is 1. The zero-order valence-electron chi connectivity index (χ0n) is 8.50. The van der Waals surface area contributed by atoms with Crippen LogP contribution >= 0.6 is 11.6 Å². The summed E-state index contributed by atoms with van der Waals surface area (Å²) < 4.78 is 0. The van der Waals surface area contributed by atoms with E-state index in [0.717, 1.165) is 17.1 Å². The van der Waals surface area contributed by atoms with Crippen LogP contribution < -0.4 is 0 Å². The van der Waals surface area contributed by atoms with Crippen LogP contribution in [0.15, 0.2) is 6.20 Å². The van der Waals surface area contributed by atoms with Gasteiger partial charge in [0.15, 0.2) is 0 Å².